The molecule has 1 heterocycles. The Bertz CT molecular complexity index is 180. The average Bonchev–Trinajstić information content (AvgIpc) is 1.90. The van der Waals surface area contributed by atoms with Crippen molar-refractivity contribution in [2.45, 2.75) is 0 Å². The van der Waals surface area contributed by atoms with Crippen LogP contribution in [0, 0.1) is 7.05 Å². The van der Waals surface area contributed by atoms with Gasteiger partial charge in [0.15, 0.2) is 0 Å². The highest BCUT2D eigenvalue weighted by Crippen LogP contribution is 2.03. The predicted octanol–water partition coefficient (Wildman–Crippen LogP) is 0.744. The van der Waals surface area contributed by atoms with E-state index in [-0.39, 0.29) is 0 Å². The van der Waals surface area contributed by atoms with Crippen LogP contribution in [0.2, 0.25) is 0 Å². The van der Waals surface area contributed by atoms with Crippen LogP contribution in [0.15, 0.2) is 18.3 Å². The Balaban J connectivity index is 2.88. The topological polar surface area (TPSA) is 50.9 Å². The highest BCUT2D eigenvalue weighted by molar-refractivity contribution is 5.43. The molecule has 2 radical (unpaired) electrons. The van der Waals surface area contributed by atoms with Gasteiger partial charge in [-0.15, -0.1) is 0 Å². The van der Waals surface area contributed by atoms with E-state index in [0.717, 1.165) is 0 Å². The number of nitrogen functional groups attached to an aromatic ring is 1. The number of hydrogen-bond acceptors (Lipinski definition) is 3. The van der Waals surface area contributed by atoms with Gasteiger partial charge in [-0.25, -0.2) is 4.98 Å². The smallest absolute Gasteiger partial charge is 0.126 e. The molecular weight excluding hydrogens is 114 g/mol. The van der Waals surface area contributed by atoms with Gasteiger partial charge >= 0.3 is 0 Å². The molecule has 0 spiro atoms. The molecule has 0 unspecified atom stereocenters. The van der Waals surface area contributed by atoms with E-state index >= 15 is 0 Å². The molecule has 1 aromatic heterocycles. The molecule has 0 amide bonds. The van der Waals surface area contributed by atoms with E-state index in [9.17, 15) is 0 Å². The van der Waals surface area contributed by atoms with Gasteiger partial charge in [-0.1, -0.05) is 0 Å². The summed E-state index contributed by atoms with van der Waals surface area (Å²) < 4.78 is 0. The Morgan fingerprint density at radius 3 is 2.78 bits per heavy atom. The van der Waals surface area contributed by atoms with Crippen molar-refractivity contribution in [1.82, 2.24) is 4.98 Å². The first-order valence-electron chi connectivity index (χ1n) is 2.51. The standard InChI is InChI=1S/C6H7N3/c1-8-6-3-2-5(7)4-9-6/h1-4H,7H2,(H,8,9). The summed E-state index contributed by atoms with van der Waals surface area (Å²) in [4.78, 5) is 3.84. The van der Waals surface area contributed by atoms with Crippen molar-refractivity contribution >= 4 is 11.5 Å². The summed E-state index contributed by atoms with van der Waals surface area (Å²) in [6.07, 6.45) is 1.54. The van der Waals surface area contributed by atoms with Crippen molar-refractivity contribution in [2.75, 3.05) is 11.1 Å². The lowest BCUT2D eigenvalue weighted by Gasteiger charge is -1.95. The van der Waals surface area contributed by atoms with Gasteiger partial charge in [0.1, 0.15) is 5.82 Å². The maximum Gasteiger partial charge on any atom is 0.126 e. The van der Waals surface area contributed by atoms with Gasteiger partial charge in [-0.05, 0) is 12.1 Å². The van der Waals surface area contributed by atoms with E-state index in [1.54, 1.807) is 12.1 Å². The maximum absolute atomic E-state index is 5.35. The van der Waals surface area contributed by atoms with Gasteiger partial charge in [0.2, 0.25) is 0 Å². The van der Waals surface area contributed by atoms with Gasteiger partial charge in [-0.2, -0.15) is 0 Å². The van der Waals surface area contributed by atoms with Gasteiger partial charge < -0.3 is 11.1 Å². The summed E-state index contributed by atoms with van der Waals surface area (Å²) >= 11 is 0. The summed E-state index contributed by atoms with van der Waals surface area (Å²) in [5.41, 5.74) is 5.98. The Hall–Kier alpha value is -1.25. The van der Waals surface area contributed by atoms with Crippen LogP contribution in [-0.2, 0) is 0 Å². The molecule has 0 fully saturated rings. The molecule has 3 nitrogen and oxygen atoms in total. The fraction of sp³-hybridized carbons (Fsp3) is 0. The molecule has 3 heteroatoms. The van der Waals surface area contributed by atoms with E-state index in [4.69, 9.17) is 12.8 Å². The Morgan fingerprint density at radius 2 is 2.33 bits per heavy atom. The van der Waals surface area contributed by atoms with Crippen LogP contribution < -0.4 is 11.1 Å². The zero-order valence-electron chi connectivity index (χ0n) is 4.83. The fourth-order valence-electron chi connectivity index (χ4n) is 0.491. The van der Waals surface area contributed by atoms with Crippen LogP contribution in [0.5, 0.6) is 0 Å². The van der Waals surface area contributed by atoms with Gasteiger partial charge in [0.25, 0.3) is 0 Å². The molecule has 0 aliphatic heterocycles. The molecule has 0 atom stereocenters. The predicted molar refractivity (Wildman–Crippen MR) is 36.6 cm³/mol. The number of pyridine rings is 1. The van der Waals surface area contributed by atoms with Gasteiger partial charge in [0, 0.05) is 0 Å². The number of nitrogens with one attached hydrogen (secondary N) is 1. The van der Waals surface area contributed by atoms with Crippen LogP contribution in [0.4, 0.5) is 11.5 Å². The lowest BCUT2D eigenvalue weighted by molar-refractivity contribution is 1.31. The Morgan fingerprint density at radius 1 is 1.56 bits per heavy atom. The highest BCUT2D eigenvalue weighted by atomic mass is 14.9. The summed E-state index contributed by atoms with van der Waals surface area (Å²) in [6, 6.07) is 3.43. The van der Waals surface area contributed by atoms with Crippen LogP contribution >= 0.6 is 0 Å². The van der Waals surface area contributed by atoms with Crippen molar-refractivity contribution in [3.8, 4) is 0 Å². The normalized spacial score (nSPS) is 9.00. The largest absolute Gasteiger partial charge is 0.397 e. The molecule has 0 aliphatic carbocycles. The third kappa shape index (κ3) is 1.32. The zero-order chi connectivity index (χ0) is 6.69. The van der Waals surface area contributed by atoms with Gasteiger partial charge in [0.05, 0.1) is 18.9 Å². The molecule has 0 aromatic carbocycles. The minimum absolute atomic E-state index is 0.615. The molecule has 1 rings (SSSR count). The summed E-state index contributed by atoms with van der Waals surface area (Å²) in [6.45, 7) is 0. The molecule has 0 aliphatic rings. The SMILES string of the molecule is [CH]Nc1ccc(N)cn1. The maximum atomic E-state index is 5.35. The third-order valence-electron chi connectivity index (χ3n) is 0.934. The minimum Gasteiger partial charge on any atom is -0.397 e. The quantitative estimate of drug-likeness (QED) is 0.539. The van der Waals surface area contributed by atoms with E-state index < -0.39 is 0 Å². The molecule has 46 valence electrons. The Labute approximate surface area is 53.9 Å². The molecule has 0 bridgehead atoms. The highest BCUT2D eigenvalue weighted by Gasteiger charge is 1.85. The molecule has 0 saturated heterocycles. The number of hydrogen-bond donors (Lipinski definition) is 2. The van der Waals surface area contributed by atoms with Crippen LogP contribution in [0.25, 0.3) is 0 Å². The summed E-state index contributed by atoms with van der Waals surface area (Å²) in [5, 5.41) is 2.39. The first-order valence-corrected chi connectivity index (χ1v) is 2.51. The van der Waals surface area contributed by atoms with Crippen molar-refractivity contribution in [1.29, 1.82) is 0 Å². The first-order chi connectivity index (χ1) is 4.33. The molecule has 9 heavy (non-hydrogen) atoms. The average molecular weight is 121 g/mol. The number of aromatic nitrogens is 1. The summed E-state index contributed by atoms with van der Waals surface area (Å²) in [5.74, 6) is 0.615. The number of rotatable bonds is 1. The van der Waals surface area contributed by atoms with Crippen molar-refractivity contribution in [3.63, 3.8) is 0 Å². The van der Waals surface area contributed by atoms with Crippen LogP contribution in [-0.4, -0.2) is 4.98 Å². The van der Waals surface area contributed by atoms with Crippen LogP contribution in [0.1, 0.15) is 0 Å². The Kier molecular flexibility index (Phi) is 1.53. The third-order valence-corrected chi connectivity index (χ3v) is 0.934. The van der Waals surface area contributed by atoms with Crippen molar-refractivity contribution in [2.24, 2.45) is 0 Å². The minimum atomic E-state index is 0.615. The first kappa shape index (κ1) is 5.88. The van der Waals surface area contributed by atoms with E-state index in [1.165, 1.54) is 6.20 Å². The van der Waals surface area contributed by atoms with Crippen molar-refractivity contribution < 1.29 is 0 Å². The van der Waals surface area contributed by atoms with E-state index in [2.05, 4.69) is 10.3 Å². The zero-order valence-corrected chi connectivity index (χ0v) is 4.83. The lowest BCUT2D eigenvalue weighted by atomic mass is 10.4. The lowest BCUT2D eigenvalue weighted by Crippen LogP contribution is -1.90. The second-order valence-corrected chi connectivity index (χ2v) is 1.62. The fourth-order valence-corrected chi connectivity index (χ4v) is 0.491. The number of nitrogens with zero attached hydrogens (tertiary/aromatic N) is 1. The molecule has 3 N–H and O–H groups in total. The molecular formula is C6H7N3. The number of anilines is 2. The monoisotopic (exact) mass is 121 g/mol. The van der Waals surface area contributed by atoms with E-state index in [1.807, 2.05) is 0 Å². The second-order valence-electron chi connectivity index (χ2n) is 1.62. The molecule has 0 saturated carbocycles. The van der Waals surface area contributed by atoms with Crippen LogP contribution in [0.3, 0.4) is 0 Å². The molecule has 1 aromatic rings. The summed E-state index contributed by atoms with van der Waals surface area (Å²) in [7, 11) is 5.05. The van der Waals surface area contributed by atoms with Gasteiger partial charge in [-0.3, -0.25) is 0 Å². The van der Waals surface area contributed by atoms with Crippen molar-refractivity contribution in [3.05, 3.63) is 25.4 Å². The second kappa shape index (κ2) is 2.35. The van der Waals surface area contributed by atoms with E-state index in [0.29, 0.717) is 11.5 Å². The number of nitrogens with two attached hydrogens (primary N) is 1.